The van der Waals surface area contributed by atoms with Crippen LogP contribution in [0.5, 0.6) is 0 Å². The number of hydrogen-bond donors (Lipinski definition) is 0. The molecule has 3 nitrogen and oxygen atoms in total. The number of rotatable bonds is 7. The maximum absolute atomic E-state index is 6.94. The minimum atomic E-state index is 0.860. The summed E-state index contributed by atoms with van der Waals surface area (Å²) in [6.07, 6.45) is 0. The van der Waals surface area contributed by atoms with E-state index in [9.17, 15) is 0 Å². The van der Waals surface area contributed by atoms with E-state index in [0.717, 1.165) is 78.0 Å². The third-order valence-electron chi connectivity index (χ3n) is 12.8. The van der Waals surface area contributed by atoms with Gasteiger partial charge in [0.1, 0.15) is 11.2 Å². The molecule has 4 heteroatoms. The number of anilines is 3. The predicted molar refractivity (Wildman–Crippen MR) is 272 cm³/mol. The van der Waals surface area contributed by atoms with E-state index in [1.54, 1.807) is 0 Å². The Morgan fingerprint density at radius 1 is 0.359 bits per heavy atom. The first kappa shape index (κ1) is 36.5. The molecule has 10 aromatic carbocycles. The van der Waals surface area contributed by atoms with Crippen LogP contribution in [0.25, 0.3) is 103 Å². The van der Waals surface area contributed by atoms with Crippen LogP contribution < -0.4 is 4.90 Å². The van der Waals surface area contributed by atoms with Gasteiger partial charge in [-0.3, -0.25) is 0 Å². The number of nitrogens with zero attached hydrogens (tertiary/aromatic N) is 2. The maximum atomic E-state index is 6.94. The Kier molecular flexibility index (Phi) is 8.40. The molecule has 0 fully saturated rings. The minimum Gasteiger partial charge on any atom is -0.455 e. The second kappa shape index (κ2) is 14.7. The summed E-state index contributed by atoms with van der Waals surface area (Å²) in [6, 6.07) is 83.5. The molecule has 0 aliphatic carbocycles. The SMILES string of the molecule is c1ccc(-c2cccc(N(c3cc(-c4ccccc4-n4c5ccccc5c5ccccc54)c4oc5ccccc5c4c3)c3ccccc3-c3ccc4sc5ccccc5c4c3)c2)cc1. The summed E-state index contributed by atoms with van der Waals surface area (Å²) in [5.74, 6) is 0. The molecular weight excluding hydrogens is 797 g/mol. The van der Waals surface area contributed by atoms with Gasteiger partial charge in [0.15, 0.2) is 0 Å². The molecule has 0 spiro atoms. The molecule has 300 valence electrons. The molecule has 0 N–H and O–H groups in total. The van der Waals surface area contributed by atoms with Crippen molar-refractivity contribution in [2.24, 2.45) is 0 Å². The standard InChI is InChI=1S/C60H38N2OS/c1-2-17-39(18-3-1)40-19-16-20-42(35-40)61(53-27-10-4-21-44(53)41-33-34-59-50(36-41)49-26-9-15-32-58(49)64-59)43-37-51(60-52(38-43)48-25-8-14-31-57(48)63-60)47-24-7-13-30-56(47)62-54-28-11-5-22-45(54)46-23-6-12-29-55(46)62/h1-38H. The molecule has 0 atom stereocenters. The van der Waals surface area contributed by atoms with Crippen LogP contribution in [-0.4, -0.2) is 4.57 Å². The van der Waals surface area contributed by atoms with E-state index in [0.29, 0.717) is 0 Å². The van der Waals surface area contributed by atoms with Gasteiger partial charge >= 0.3 is 0 Å². The van der Waals surface area contributed by atoms with Crippen LogP contribution in [0.1, 0.15) is 0 Å². The predicted octanol–water partition coefficient (Wildman–Crippen LogP) is 17.5. The Labute approximate surface area is 373 Å². The van der Waals surface area contributed by atoms with E-state index >= 15 is 0 Å². The molecule has 0 saturated heterocycles. The topological polar surface area (TPSA) is 21.3 Å². The molecule has 0 aliphatic rings. The van der Waals surface area contributed by atoms with Crippen LogP contribution in [0.15, 0.2) is 235 Å². The third-order valence-corrected chi connectivity index (χ3v) is 13.9. The van der Waals surface area contributed by atoms with E-state index in [1.807, 2.05) is 11.3 Å². The second-order valence-electron chi connectivity index (χ2n) is 16.4. The van der Waals surface area contributed by atoms with E-state index in [4.69, 9.17) is 4.42 Å². The van der Waals surface area contributed by atoms with Gasteiger partial charge in [0, 0.05) is 69.8 Å². The quantitative estimate of drug-likeness (QED) is 0.159. The van der Waals surface area contributed by atoms with Crippen LogP contribution in [0.4, 0.5) is 17.1 Å². The normalized spacial score (nSPS) is 11.8. The first-order valence-electron chi connectivity index (χ1n) is 21.7. The van der Waals surface area contributed by atoms with Crippen LogP contribution in [-0.2, 0) is 0 Å². The highest BCUT2D eigenvalue weighted by atomic mass is 32.1. The van der Waals surface area contributed by atoms with Crippen LogP contribution in [0.3, 0.4) is 0 Å². The van der Waals surface area contributed by atoms with Gasteiger partial charge in [-0.25, -0.2) is 0 Å². The van der Waals surface area contributed by atoms with Crippen molar-refractivity contribution in [1.29, 1.82) is 0 Å². The molecule has 3 heterocycles. The number of furan rings is 1. The summed E-state index contributed by atoms with van der Waals surface area (Å²) in [5.41, 5.74) is 15.1. The fourth-order valence-electron chi connectivity index (χ4n) is 9.91. The fourth-order valence-corrected chi connectivity index (χ4v) is 11.0. The zero-order chi connectivity index (χ0) is 42.1. The Balaban J connectivity index is 1.10. The molecule has 0 bridgehead atoms. The number of thiophene rings is 1. The van der Waals surface area contributed by atoms with Crippen molar-refractivity contribution in [1.82, 2.24) is 4.57 Å². The Morgan fingerprint density at radius 3 is 1.83 bits per heavy atom. The Hall–Kier alpha value is -8.18. The molecule has 0 unspecified atom stereocenters. The van der Waals surface area contributed by atoms with E-state index in [-0.39, 0.29) is 0 Å². The monoisotopic (exact) mass is 834 g/mol. The molecule has 13 rings (SSSR count). The van der Waals surface area contributed by atoms with Crippen molar-refractivity contribution in [3.63, 3.8) is 0 Å². The van der Waals surface area contributed by atoms with Gasteiger partial charge in [-0.15, -0.1) is 11.3 Å². The molecule has 13 aromatic rings. The number of fused-ring (bicyclic) bond motifs is 9. The second-order valence-corrected chi connectivity index (χ2v) is 17.5. The van der Waals surface area contributed by atoms with Crippen molar-refractivity contribution in [2.75, 3.05) is 4.90 Å². The molecule has 0 amide bonds. The van der Waals surface area contributed by atoms with Crippen molar-refractivity contribution < 1.29 is 4.42 Å². The maximum Gasteiger partial charge on any atom is 0.143 e. The van der Waals surface area contributed by atoms with Gasteiger partial charge < -0.3 is 13.9 Å². The summed E-state index contributed by atoms with van der Waals surface area (Å²) in [5, 5.41) is 7.17. The summed E-state index contributed by atoms with van der Waals surface area (Å²) < 4.78 is 12.0. The number of para-hydroxylation sites is 5. The van der Waals surface area contributed by atoms with Crippen molar-refractivity contribution >= 4 is 92.3 Å². The third kappa shape index (κ3) is 5.81. The lowest BCUT2D eigenvalue weighted by Gasteiger charge is -2.29. The first-order chi connectivity index (χ1) is 31.7. The van der Waals surface area contributed by atoms with E-state index in [2.05, 4.69) is 240 Å². The summed E-state index contributed by atoms with van der Waals surface area (Å²) >= 11 is 1.85. The fraction of sp³-hybridized carbons (Fsp3) is 0. The van der Waals surface area contributed by atoms with Gasteiger partial charge in [0.25, 0.3) is 0 Å². The van der Waals surface area contributed by atoms with Gasteiger partial charge in [-0.1, -0.05) is 158 Å². The molecule has 64 heavy (non-hydrogen) atoms. The Morgan fingerprint density at radius 2 is 1.00 bits per heavy atom. The van der Waals surface area contributed by atoms with Gasteiger partial charge in [0.05, 0.1) is 22.4 Å². The number of aromatic nitrogens is 1. The van der Waals surface area contributed by atoms with Crippen molar-refractivity contribution in [2.45, 2.75) is 0 Å². The molecule has 3 aromatic heterocycles. The first-order valence-corrected chi connectivity index (χ1v) is 22.6. The molecule has 0 saturated carbocycles. The lowest BCUT2D eigenvalue weighted by molar-refractivity contribution is 0.670. The van der Waals surface area contributed by atoms with Crippen LogP contribution >= 0.6 is 11.3 Å². The largest absolute Gasteiger partial charge is 0.455 e. The minimum absolute atomic E-state index is 0.860. The lowest BCUT2D eigenvalue weighted by Crippen LogP contribution is -2.11. The number of hydrogen-bond acceptors (Lipinski definition) is 3. The van der Waals surface area contributed by atoms with Gasteiger partial charge in [-0.05, 0) is 89.5 Å². The summed E-state index contributed by atoms with van der Waals surface area (Å²) in [7, 11) is 0. The van der Waals surface area contributed by atoms with Crippen molar-refractivity contribution in [3.05, 3.63) is 231 Å². The highest BCUT2D eigenvalue weighted by Gasteiger charge is 2.24. The van der Waals surface area contributed by atoms with Gasteiger partial charge in [-0.2, -0.15) is 0 Å². The van der Waals surface area contributed by atoms with Gasteiger partial charge in [0.2, 0.25) is 0 Å². The summed E-state index contributed by atoms with van der Waals surface area (Å²) in [4.78, 5) is 2.45. The van der Waals surface area contributed by atoms with E-state index in [1.165, 1.54) is 42.1 Å². The highest BCUT2D eigenvalue weighted by Crippen LogP contribution is 2.48. The molecule has 0 aliphatic heterocycles. The molecular formula is C60H38N2OS. The van der Waals surface area contributed by atoms with Crippen molar-refractivity contribution in [3.8, 4) is 39.1 Å². The van der Waals surface area contributed by atoms with Crippen LogP contribution in [0, 0.1) is 0 Å². The number of benzene rings is 10. The lowest BCUT2D eigenvalue weighted by atomic mass is 9.96. The Bertz CT molecular complexity index is 3880. The summed E-state index contributed by atoms with van der Waals surface area (Å²) in [6.45, 7) is 0. The average molecular weight is 835 g/mol. The average Bonchev–Trinajstić information content (AvgIpc) is 4.04. The zero-order valence-corrected chi connectivity index (χ0v) is 35.5. The van der Waals surface area contributed by atoms with E-state index < -0.39 is 0 Å². The smallest absolute Gasteiger partial charge is 0.143 e. The highest BCUT2D eigenvalue weighted by molar-refractivity contribution is 7.25. The zero-order valence-electron chi connectivity index (χ0n) is 34.7. The molecule has 0 radical (unpaired) electrons. The van der Waals surface area contributed by atoms with Crippen LogP contribution in [0.2, 0.25) is 0 Å².